The number of rotatable bonds is 12. The zero-order valence-electron chi connectivity index (χ0n) is 20.8. The Bertz CT molecular complexity index is 1180. The number of nitrogens with one attached hydrogen (secondary N) is 1. The van der Waals surface area contributed by atoms with E-state index in [1.54, 1.807) is 13.0 Å². The minimum absolute atomic E-state index is 0.0199. The van der Waals surface area contributed by atoms with Crippen LogP contribution in [-0.2, 0) is 26.2 Å². The number of carbonyl (C=O) groups is 2. The molecule has 2 amide bonds. The molecule has 2 rings (SSSR count). The van der Waals surface area contributed by atoms with Gasteiger partial charge in [-0.1, -0.05) is 58.2 Å². The molecule has 2 aromatic carbocycles. The maximum Gasteiger partial charge on any atom is 0.242 e. The van der Waals surface area contributed by atoms with Crippen molar-refractivity contribution in [2.24, 2.45) is 0 Å². The van der Waals surface area contributed by atoms with Gasteiger partial charge >= 0.3 is 0 Å². The second kappa shape index (κ2) is 13.7. The molecule has 0 spiro atoms. The van der Waals surface area contributed by atoms with Crippen LogP contribution in [0.15, 0.2) is 46.9 Å². The van der Waals surface area contributed by atoms with Gasteiger partial charge in [-0.2, -0.15) is 0 Å². The van der Waals surface area contributed by atoms with Crippen LogP contribution in [0.5, 0.6) is 0 Å². The van der Waals surface area contributed by atoms with E-state index in [0.29, 0.717) is 5.02 Å². The highest BCUT2D eigenvalue weighted by Crippen LogP contribution is 2.31. The number of hydrogen-bond donors (Lipinski definition) is 1. The van der Waals surface area contributed by atoms with Crippen molar-refractivity contribution >= 4 is 66.7 Å². The smallest absolute Gasteiger partial charge is 0.242 e. The summed E-state index contributed by atoms with van der Waals surface area (Å²) < 4.78 is 27.0. The van der Waals surface area contributed by atoms with E-state index >= 15 is 0 Å². The van der Waals surface area contributed by atoms with Gasteiger partial charge in [-0.25, -0.2) is 8.42 Å². The Morgan fingerprint density at radius 1 is 1.11 bits per heavy atom. The third-order valence-corrected chi connectivity index (χ3v) is 7.97. The van der Waals surface area contributed by atoms with Gasteiger partial charge in [-0.3, -0.25) is 13.9 Å². The summed E-state index contributed by atoms with van der Waals surface area (Å²) >= 11 is 15.7. The third-order valence-electron chi connectivity index (χ3n) is 5.74. The molecule has 0 radical (unpaired) electrons. The maximum absolute atomic E-state index is 13.3. The highest BCUT2D eigenvalue weighted by Gasteiger charge is 2.27. The first-order valence-electron chi connectivity index (χ1n) is 11.6. The molecule has 0 unspecified atom stereocenters. The van der Waals surface area contributed by atoms with Crippen LogP contribution in [0.25, 0.3) is 0 Å². The molecular weight excluding hydrogens is 589 g/mol. The maximum atomic E-state index is 13.3. The zero-order chi connectivity index (χ0) is 27.0. The number of nitrogens with zero attached hydrogens (tertiary/aromatic N) is 2. The molecule has 2 aromatic rings. The number of benzene rings is 2. The lowest BCUT2D eigenvalue weighted by Crippen LogP contribution is -2.49. The van der Waals surface area contributed by atoms with Crippen LogP contribution in [0.4, 0.5) is 5.69 Å². The average Bonchev–Trinajstić information content (AvgIpc) is 2.80. The van der Waals surface area contributed by atoms with E-state index in [1.807, 2.05) is 38.1 Å². The van der Waals surface area contributed by atoms with Crippen LogP contribution in [0.3, 0.4) is 0 Å². The second-order valence-corrected chi connectivity index (χ2v) is 12.3. The van der Waals surface area contributed by atoms with Crippen molar-refractivity contribution in [2.45, 2.75) is 58.7 Å². The summed E-state index contributed by atoms with van der Waals surface area (Å²) in [6.45, 7) is 5.85. The summed E-state index contributed by atoms with van der Waals surface area (Å²) in [6, 6.07) is 11.4. The lowest BCUT2D eigenvalue weighted by molar-refractivity contribution is -0.140. The van der Waals surface area contributed by atoms with E-state index in [0.717, 1.165) is 27.0 Å². The van der Waals surface area contributed by atoms with Crippen LogP contribution < -0.4 is 9.62 Å². The van der Waals surface area contributed by atoms with Crippen LogP contribution in [-0.4, -0.2) is 50.0 Å². The summed E-state index contributed by atoms with van der Waals surface area (Å²) in [4.78, 5) is 27.7. The molecule has 1 N–H and O–H groups in total. The Morgan fingerprint density at radius 3 is 2.42 bits per heavy atom. The molecule has 36 heavy (non-hydrogen) atoms. The molecule has 0 aliphatic carbocycles. The molecule has 0 aliphatic rings. The summed E-state index contributed by atoms with van der Waals surface area (Å²) in [5.74, 6) is -0.497. The van der Waals surface area contributed by atoms with Crippen molar-refractivity contribution < 1.29 is 18.0 Å². The number of halogens is 3. The van der Waals surface area contributed by atoms with E-state index in [4.69, 9.17) is 23.2 Å². The molecular formula is C25H32BrCl2N3O4S. The van der Waals surface area contributed by atoms with E-state index in [-0.39, 0.29) is 54.5 Å². The van der Waals surface area contributed by atoms with Crippen LogP contribution in [0.2, 0.25) is 10.0 Å². The molecule has 0 aliphatic heterocycles. The van der Waals surface area contributed by atoms with Gasteiger partial charge in [0, 0.05) is 35.0 Å². The van der Waals surface area contributed by atoms with Crippen LogP contribution in [0.1, 0.15) is 45.6 Å². The van der Waals surface area contributed by atoms with Crippen LogP contribution in [0, 0.1) is 0 Å². The quantitative estimate of drug-likeness (QED) is 0.333. The SMILES string of the molecule is CC[C@H](C)NC(=O)[C@H](C)N(Cc1cccc(Br)c1)C(=O)CCCN(c1cc(Cl)ccc1Cl)S(C)(=O)=O. The molecule has 0 aromatic heterocycles. The Morgan fingerprint density at radius 2 is 1.81 bits per heavy atom. The Labute approximate surface area is 232 Å². The van der Waals surface area contributed by atoms with Gasteiger partial charge in [-0.05, 0) is 62.6 Å². The minimum Gasteiger partial charge on any atom is -0.352 e. The predicted octanol–water partition coefficient (Wildman–Crippen LogP) is 5.63. The van der Waals surface area contributed by atoms with Gasteiger partial charge in [0.1, 0.15) is 6.04 Å². The van der Waals surface area contributed by atoms with E-state index < -0.39 is 16.1 Å². The standard InChI is InChI=1S/C25H32BrCl2N3O4S/c1-5-17(2)29-25(33)18(3)30(16-19-8-6-9-20(26)14-19)24(32)10-7-13-31(36(4,34)35)23-15-21(27)11-12-22(23)28/h6,8-9,11-12,14-15,17-18H,5,7,10,13,16H2,1-4H3,(H,29,33)/t17-,18-/m0/s1. The molecule has 7 nitrogen and oxygen atoms in total. The first-order chi connectivity index (χ1) is 16.8. The van der Waals surface area contributed by atoms with Crippen molar-refractivity contribution in [1.29, 1.82) is 0 Å². The number of sulfonamides is 1. The lowest BCUT2D eigenvalue weighted by atomic mass is 10.1. The van der Waals surface area contributed by atoms with Gasteiger partial charge < -0.3 is 10.2 Å². The Balaban J connectivity index is 2.21. The highest BCUT2D eigenvalue weighted by atomic mass is 79.9. The van der Waals surface area contributed by atoms with Gasteiger partial charge in [0.25, 0.3) is 0 Å². The zero-order valence-corrected chi connectivity index (χ0v) is 24.7. The average molecular weight is 621 g/mol. The van der Waals surface area contributed by atoms with Crippen molar-refractivity contribution in [2.75, 3.05) is 17.1 Å². The van der Waals surface area contributed by atoms with Crippen molar-refractivity contribution in [3.63, 3.8) is 0 Å². The van der Waals surface area contributed by atoms with E-state index in [9.17, 15) is 18.0 Å². The van der Waals surface area contributed by atoms with E-state index in [1.165, 1.54) is 17.0 Å². The summed E-state index contributed by atoms with van der Waals surface area (Å²) in [5, 5.41) is 3.52. The summed E-state index contributed by atoms with van der Waals surface area (Å²) in [6.07, 6.45) is 2.11. The largest absolute Gasteiger partial charge is 0.352 e. The van der Waals surface area contributed by atoms with Gasteiger partial charge in [0.15, 0.2) is 0 Å². The predicted molar refractivity (Wildman–Crippen MR) is 150 cm³/mol. The van der Waals surface area contributed by atoms with E-state index in [2.05, 4.69) is 21.2 Å². The van der Waals surface area contributed by atoms with Gasteiger partial charge in [0.2, 0.25) is 21.8 Å². The fourth-order valence-electron chi connectivity index (χ4n) is 3.54. The second-order valence-electron chi connectivity index (χ2n) is 8.68. The monoisotopic (exact) mass is 619 g/mol. The first kappa shape index (κ1) is 30.4. The Kier molecular flexibility index (Phi) is 11.5. The summed E-state index contributed by atoms with van der Waals surface area (Å²) in [5.41, 5.74) is 1.12. The van der Waals surface area contributed by atoms with Gasteiger partial charge in [-0.15, -0.1) is 0 Å². The molecule has 0 heterocycles. The Hall–Kier alpha value is -1.81. The fraction of sp³-hybridized carbons (Fsp3) is 0.440. The van der Waals surface area contributed by atoms with Crippen LogP contribution >= 0.6 is 39.1 Å². The number of anilines is 1. The normalized spacial score (nSPS) is 13.1. The molecule has 2 atom stereocenters. The fourth-order valence-corrected chi connectivity index (χ4v) is 5.39. The lowest BCUT2D eigenvalue weighted by Gasteiger charge is -2.30. The molecule has 0 saturated heterocycles. The van der Waals surface area contributed by atoms with Gasteiger partial charge in [0.05, 0.1) is 17.0 Å². The van der Waals surface area contributed by atoms with Crippen molar-refractivity contribution in [3.05, 3.63) is 62.5 Å². The molecule has 11 heteroatoms. The third kappa shape index (κ3) is 8.94. The minimum atomic E-state index is -3.68. The molecule has 0 fully saturated rings. The molecule has 198 valence electrons. The first-order valence-corrected chi connectivity index (χ1v) is 15.0. The number of hydrogen-bond acceptors (Lipinski definition) is 4. The number of carbonyl (C=O) groups excluding carboxylic acids is 2. The highest BCUT2D eigenvalue weighted by molar-refractivity contribution is 9.10. The molecule has 0 bridgehead atoms. The van der Waals surface area contributed by atoms with Crippen molar-refractivity contribution in [3.8, 4) is 0 Å². The number of amides is 2. The van der Waals surface area contributed by atoms with Crippen molar-refractivity contribution in [1.82, 2.24) is 10.2 Å². The topological polar surface area (TPSA) is 86.8 Å². The summed E-state index contributed by atoms with van der Waals surface area (Å²) in [7, 11) is -3.68. The molecule has 0 saturated carbocycles.